The van der Waals surface area contributed by atoms with Crippen LogP contribution in [0.1, 0.15) is 33.6 Å². The quantitative estimate of drug-likeness (QED) is 0.705. The molecule has 3 heteroatoms. The highest BCUT2D eigenvalue weighted by atomic mass is 16.5. The first-order valence-electron chi connectivity index (χ1n) is 6.46. The zero-order valence-corrected chi connectivity index (χ0v) is 11.1. The van der Waals surface area contributed by atoms with Gasteiger partial charge in [-0.15, -0.1) is 0 Å². The predicted molar refractivity (Wildman–Crippen MR) is 71.3 cm³/mol. The van der Waals surface area contributed by atoms with E-state index in [4.69, 9.17) is 4.74 Å². The van der Waals surface area contributed by atoms with Gasteiger partial charge in [0.05, 0.1) is 12.3 Å². The second-order valence-corrected chi connectivity index (χ2v) is 4.86. The van der Waals surface area contributed by atoms with Crippen LogP contribution in [0.4, 0.5) is 0 Å². The maximum atomic E-state index is 5.75. The monoisotopic (exact) mass is 236 g/mol. The number of pyridine rings is 1. The molecule has 0 fully saturated rings. The van der Waals surface area contributed by atoms with Crippen LogP contribution in [0.2, 0.25) is 0 Å². The van der Waals surface area contributed by atoms with Gasteiger partial charge in [-0.3, -0.25) is 4.98 Å². The number of hydrogen-bond acceptors (Lipinski definition) is 3. The topological polar surface area (TPSA) is 34.1 Å². The SMILES string of the molecule is CC(C)CNCCCC(C)Oc1cccnc1. The smallest absolute Gasteiger partial charge is 0.137 e. The van der Waals surface area contributed by atoms with Crippen molar-refractivity contribution in [2.75, 3.05) is 13.1 Å². The van der Waals surface area contributed by atoms with Gasteiger partial charge in [-0.1, -0.05) is 13.8 Å². The zero-order valence-electron chi connectivity index (χ0n) is 11.1. The maximum absolute atomic E-state index is 5.75. The molecular formula is C14H24N2O. The number of aromatic nitrogens is 1. The standard InChI is InChI=1S/C14H24N2O/c1-12(2)10-15-8-4-6-13(3)17-14-7-5-9-16-11-14/h5,7,9,11-13,15H,4,6,8,10H2,1-3H3. The molecule has 0 amide bonds. The lowest BCUT2D eigenvalue weighted by Crippen LogP contribution is -2.22. The third-order valence-electron chi connectivity index (χ3n) is 2.49. The van der Waals surface area contributed by atoms with Crippen molar-refractivity contribution in [1.29, 1.82) is 0 Å². The van der Waals surface area contributed by atoms with Gasteiger partial charge in [-0.25, -0.2) is 0 Å². The van der Waals surface area contributed by atoms with Gasteiger partial charge in [0.2, 0.25) is 0 Å². The van der Waals surface area contributed by atoms with Crippen molar-refractivity contribution in [3.63, 3.8) is 0 Å². The van der Waals surface area contributed by atoms with Gasteiger partial charge in [-0.2, -0.15) is 0 Å². The van der Waals surface area contributed by atoms with E-state index in [2.05, 4.69) is 31.1 Å². The molecule has 0 spiro atoms. The number of hydrogen-bond donors (Lipinski definition) is 1. The van der Waals surface area contributed by atoms with E-state index in [0.29, 0.717) is 0 Å². The molecule has 0 aliphatic carbocycles. The average Bonchev–Trinajstić information content (AvgIpc) is 2.29. The van der Waals surface area contributed by atoms with Crippen LogP contribution in [0.25, 0.3) is 0 Å². The molecule has 1 heterocycles. The minimum atomic E-state index is 0.250. The first-order valence-corrected chi connectivity index (χ1v) is 6.46. The Morgan fingerprint density at radius 2 is 2.18 bits per heavy atom. The van der Waals surface area contributed by atoms with Crippen LogP contribution in [-0.2, 0) is 0 Å². The lowest BCUT2D eigenvalue weighted by Gasteiger charge is -2.14. The summed E-state index contributed by atoms with van der Waals surface area (Å²) in [7, 11) is 0. The minimum absolute atomic E-state index is 0.250. The van der Waals surface area contributed by atoms with Gasteiger partial charge in [0.15, 0.2) is 0 Å². The van der Waals surface area contributed by atoms with Crippen LogP contribution >= 0.6 is 0 Å². The Morgan fingerprint density at radius 1 is 1.35 bits per heavy atom. The molecular weight excluding hydrogens is 212 g/mol. The van der Waals surface area contributed by atoms with Gasteiger partial charge in [-0.05, 0) is 50.9 Å². The summed E-state index contributed by atoms with van der Waals surface area (Å²) in [6, 6.07) is 3.84. The summed E-state index contributed by atoms with van der Waals surface area (Å²) in [4.78, 5) is 4.03. The Labute approximate surface area is 105 Å². The molecule has 1 aromatic heterocycles. The molecule has 17 heavy (non-hydrogen) atoms. The Morgan fingerprint density at radius 3 is 2.82 bits per heavy atom. The summed E-state index contributed by atoms with van der Waals surface area (Å²) in [6.45, 7) is 8.72. The summed E-state index contributed by atoms with van der Waals surface area (Å²) in [6.07, 6.45) is 5.98. The first kappa shape index (κ1) is 14.0. The molecule has 0 aliphatic heterocycles. The number of ether oxygens (including phenoxy) is 1. The van der Waals surface area contributed by atoms with E-state index in [-0.39, 0.29) is 6.10 Å². The molecule has 1 unspecified atom stereocenters. The van der Waals surface area contributed by atoms with E-state index in [9.17, 15) is 0 Å². The Bertz CT molecular complexity index is 288. The first-order chi connectivity index (χ1) is 8.18. The van der Waals surface area contributed by atoms with Crippen molar-refractivity contribution in [3.05, 3.63) is 24.5 Å². The van der Waals surface area contributed by atoms with E-state index in [1.54, 1.807) is 12.4 Å². The molecule has 0 aromatic carbocycles. The summed E-state index contributed by atoms with van der Waals surface area (Å²) in [5.74, 6) is 1.58. The third kappa shape index (κ3) is 6.95. The minimum Gasteiger partial charge on any atom is -0.489 e. The molecule has 0 aliphatic rings. The number of rotatable bonds is 8. The maximum Gasteiger partial charge on any atom is 0.137 e. The van der Waals surface area contributed by atoms with E-state index in [1.807, 2.05) is 12.1 Å². The highest BCUT2D eigenvalue weighted by Crippen LogP contribution is 2.11. The summed E-state index contributed by atoms with van der Waals surface area (Å²) in [5.41, 5.74) is 0. The second-order valence-electron chi connectivity index (χ2n) is 4.86. The van der Waals surface area contributed by atoms with Crippen molar-refractivity contribution < 1.29 is 4.74 Å². The van der Waals surface area contributed by atoms with Crippen LogP contribution in [-0.4, -0.2) is 24.2 Å². The summed E-state index contributed by atoms with van der Waals surface area (Å²) < 4.78 is 5.75. The highest BCUT2D eigenvalue weighted by molar-refractivity contribution is 5.15. The summed E-state index contributed by atoms with van der Waals surface area (Å²) >= 11 is 0. The average molecular weight is 236 g/mol. The fourth-order valence-corrected chi connectivity index (χ4v) is 1.61. The zero-order chi connectivity index (χ0) is 12.5. The molecule has 0 radical (unpaired) electrons. The van der Waals surface area contributed by atoms with Crippen LogP contribution in [0.3, 0.4) is 0 Å². The van der Waals surface area contributed by atoms with Gasteiger partial charge >= 0.3 is 0 Å². The number of nitrogens with zero attached hydrogens (tertiary/aromatic N) is 1. The van der Waals surface area contributed by atoms with E-state index >= 15 is 0 Å². The predicted octanol–water partition coefficient (Wildman–Crippen LogP) is 2.87. The van der Waals surface area contributed by atoms with E-state index in [0.717, 1.165) is 37.6 Å². The van der Waals surface area contributed by atoms with Crippen molar-refractivity contribution >= 4 is 0 Å². The fourth-order valence-electron chi connectivity index (χ4n) is 1.61. The Balaban J connectivity index is 2.07. The summed E-state index contributed by atoms with van der Waals surface area (Å²) in [5, 5.41) is 3.44. The Kier molecular flexibility index (Phi) is 6.63. The second kappa shape index (κ2) is 8.07. The third-order valence-corrected chi connectivity index (χ3v) is 2.49. The van der Waals surface area contributed by atoms with Crippen LogP contribution < -0.4 is 10.1 Å². The lowest BCUT2D eigenvalue weighted by atomic mass is 10.2. The molecule has 0 saturated carbocycles. The molecule has 1 rings (SSSR count). The molecule has 1 N–H and O–H groups in total. The van der Waals surface area contributed by atoms with Crippen LogP contribution in [0, 0.1) is 5.92 Å². The van der Waals surface area contributed by atoms with E-state index < -0.39 is 0 Å². The van der Waals surface area contributed by atoms with Crippen molar-refractivity contribution in [3.8, 4) is 5.75 Å². The van der Waals surface area contributed by atoms with Gasteiger partial charge in [0.1, 0.15) is 5.75 Å². The lowest BCUT2D eigenvalue weighted by molar-refractivity contribution is 0.206. The van der Waals surface area contributed by atoms with E-state index in [1.165, 1.54) is 0 Å². The highest BCUT2D eigenvalue weighted by Gasteiger charge is 2.03. The van der Waals surface area contributed by atoms with Crippen LogP contribution in [0.5, 0.6) is 5.75 Å². The number of nitrogens with one attached hydrogen (secondary N) is 1. The van der Waals surface area contributed by atoms with Crippen LogP contribution in [0.15, 0.2) is 24.5 Å². The fraction of sp³-hybridized carbons (Fsp3) is 0.643. The largest absolute Gasteiger partial charge is 0.489 e. The molecule has 0 saturated heterocycles. The molecule has 3 nitrogen and oxygen atoms in total. The van der Waals surface area contributed by atoms with Gasteiger partial charge < -0.3 is 10.1 Å². The Hall–Kier alpha value is -1.09. The van der Waals surface area contributed by atoms with Gasteiger partial charge in [0, 0.05) is 6.20 Å². The van der Waals surface area contributed by atoms with Crippen molar-refractivity contribution in [2.45, 2.75) is 39.7 Å². The van der Waals surface area contributed by atoms with Gasteiger partial charge in [0.25, 0.3) is 0 Å². The molecule has 0 bridgehead atoms. The van der Waals surface area contributed by atoms with Crippen molar-refractivity contribution in [1.82, 2.24) is 10.3 Å². The molecule has 96 valence electrons. The molecule has 1 atom stereocenters. The molecule has 1 aromatic rings. The van der Waals surface area contributed by atoms with Crippen molar-refractivity contribution in [2.24, 2.45) is 5.92 Å². The normalized spacial score (nSPS) is 12.7.